The highest BCUT2D eigenvalue weighted by atomic mass is 16.4. The van der Waals surface area contributed by atoms with Crippen molar-refractivity contribution in [1.82, 2.24) is 15.6 Å². The zero-order valence-corrected chi connectivity index (χ0v) is 18.4. The van der Waals surface area contributed by atoms with Crippen LogP contribution in [0.15, 0.2) is 51.9 Å². The van der Waals surface area contributed by atoms with Crippen molar-refractivity contribution in [1.29, 1.82) is 0 Å². The molecule has 1 aromatic carbocycles. The van der Waals surface area contributed by atoms with Crippen LogP contribution in [-0.4, -0.2) is 43.2 Å². The van der Waals surface area contributed by atoms with Gasteiger partial charge in [-0.15, -0.1) is 0 Å². The Labute approximate surface area is 177 Å². The van der Waals surface area contributed by atoms with Crippen LogP contribution in [0.3, 0.4) is 0 Å². The van der Waals surface area contributed by atoms with Crippen molar-refractivity contribution in [2.75, 3.05) is 32.1 Å². The first-order chi connectivity index (χ1) is 14.3. The summed E-state index contributed by atoms with van der Waals surface area (Å²) >= 11 is 0. The van der Waals surface area contributed by atoms with Crippen LogP contribution in [0.5, 0.6) is 0 Å². The van der Waals surface area contributed by atoms with Gasteiger partial charge < -0.3 is 25.1 Å². The Morgan fingerprint density at radius 1 is 1.20 bits per heavy atom. The Morgan fingerprint density at radius 2 is 1.97 bits per heavy atom. The number of para-hydroxylation sites is 1. The molecular formula is C23H31N5O2. The molecule has 0 aliphatic heterocycles. The standard InChI is InChI=1S/C23H31N5O2/c1-6-24-22(26-15-23(3,29)20-12-11-16(2)30-20)25-14-17-13-21(28(4)5)27-19-10-8-7-9-18(17)19/h7-13,29H,6,14-15H2,1-5H3,(H2,24,25,26). The van der Waals surface area contributed by atoms with E-state index in [0.29, 0.717) is 24.8 Å². The molecule has 0 fully saturated rings. The number of aryl methyl sites for hydroxylation is 1. The maximum Gasteiger partial charge on any atom is 0.191 e. The smallest absolute Gasteiger partial charge is 0.191 e. The van der Waals surface area contributed by atoms with Crippen molar-refractivity contribution in [2.24, 2.45) is 4.99 Å². The van der Waals surface area contributed by atoms with E-state index in [1.807, 2.05) is 57.1 Å². The van der Waals surface area contributed by atoms with Gasteiger partial charge in [-0.2, -0.15) is 0 Å². The molecule has 0 saturated heterocycles. The van der Waals surface area contributed by atoms with Crippen LogP contribution in [-0.2, 0) is 12.1 Å². The first-order valence-corrected chi connectivity index (χ1v) is 10.2. The number of fused-ring (bicyclic) bond motifs is 1. The number of guanidine groups is 1. The molecule has 160 valence electrons. The number of nitrogens with zero attached hydrogens (tertiary/aromatic N) is 3. The summed E-state index contributed by atoms with van der Waals surface area (Å²) in [6, 6.07) is 13.8. The van der Waals surface area contributed by atoms with E-state index in [0.717, 1.165) is 28.0 Å². The Hall–Kier alpha value is -3.06. The van der Waals surface area contributed by atoms with Gasteiger partial charge in [-0.25, -0.2) is 9.98 Å². The van der Waals surface area contributed by atoms with Crippen LogP contribution in [0.2, 0.25) is 0 Å². The van der Waals surface area contributed by atoms with Gasteiger partial charge in [0.25, 0.3) is 0 Å². The number of hydrogen-bond acceptors (Lipinski definition) is 5. The molecular weight excluding hydrogens is 378 g/mol. The fourth-order valence-corrected chi connectivity index (χ4v) is 3.16. The van der Waals surface area contributed by atoms with Gasteiger partial charge in [-0.05, 0) is 50.6 Å². The van der Waals surface area contributed by atoms with Gasteiger partial charge in [-0.1, -0.05) is 18.2 Å². The lowest BCUT2D eigenvalue weighted by molar-refractivity contribution is 0.0378. The SMILES string of the molecule is CCNC(=NCc1cc(N(C)C)nc2ccccc12)NCC(C)(O)c1ccc(C)o1. The molecule has 30 heavy (non-hydrogen) atoms. The molecule has 2 aromatic heterocycles. The van der Waals surface area contributed by atoms with Crippen LogP contribution in [0.1, 0.15) is 30.9 Å². The summed E-state index contributed by atoms with van der Waals surface area (Å²) in [6.45, 7) is 7.07. The monoisotopic (exact) mass is 409 g/mol. The Balaban J connectivity index is 1.81. The summed E-state index contributed by atoms with van der Waals surface area (Å²) in [4.78, 5) is 11.4. The van der Waals surface area contributed by atoms with Crippen LogP contribution in [0.25, 0.3) is 10.9 Å². The first-order valence-electron chi connectivity index (χ1n) is 10.2. The zero-order chi connectivity index (χ0) is 21.7. The first kappa shape index (κ1) is 21.6. The molecule has 3 N–H and O–H groups in total. The van der Waals surface area contributed by atoms with Crippen molar-refractivity contribution in [3.63, 3.8) is 0 Å². The predicted octanol–water partition coefficient (Wildman–Crippen LogP) is 3.17. The van der Waals surface area contributed by atoms with Crippen LogP contribution in [0.4, 0.5) is 5.82 Å². The second kappa shape index (κ2) is 9.17. The minimum atomic E-state index is -1.15. The second-order valence-electron chi connectivity index (χ2n) is 7.78. The third-order valence-electron chi connectivity index (χ3n) is 4.87. The summed E-state index contributed by atoms with van der Waals surface area (Å²) in [6.07, 6.45) is 0. The highest BCUT2D eigenvalue weighted by Crippen LogP contribution is 2.23. The molecule has 7 heteroatoms. The second-order valence-corrected chi connectivity index (χ2v) is 7.78. The maximum atomic E-state index is 10.8. The zero-order valence-electron chi connectivity index (χ0n) is 18.4. The molecule has 2 heterocycles. The van der Waals surface area contributed by atoms with Gasteiger partial charge in [0.15, 0.2) is 5.96 Å². The number of hydrogen-bond donors (Lipinski definition) is 3. The summed E-state index contributed by atoms with van der Waals surface area (Å²) < 4.78 is 5.59. The Kier molecular flexibility index (Phi) is 6.62. The van der Waals surface area contributed by atoms with Gasteiger partial charge in [0.2, 0.25) is 0 Å². The average Bonchev–Trinajstić information content (AvgIpc) is 3.17. The Bertz CT molecular complexity index is 1020. The fourth-order valence-electron chi connectivity index (χ4n) is 3.16. The number of benzene rings is 1. The quantitative estimate of drug-likeness (QED) is 0.411. The molecule has 7 nitrogen and oxygen atoms in total. The van der Waals surface area contributed by atoms with Crippen LogP contribution in [0, 0.1) is 6.92 Å². The van der Waals surface area contributed by atoms with Crippen molar-refractivity contribution < 1.29 is 9.52 Å². The van der Waals surface area contributed by atoms with E-state index in [1.165, 1.54) is 0 Å². The molecule has 0 saturated carbocycles. The minimum Gasteiger partial charge on any atom is -0.463 e. The molecule has 0 aliphatic rings. The summed E-state index contributed by atoms with van der Waals surface area (Å²) in [5, 5.41) is 18.3. The lowest BCUT2D eigenvalue weighted by atomic mass is 10.0. The number of pyridine rings is 1. The van der Waals surface area contributed by atoms with Crippen molar-refractivity contribution in [2.45, 2.75) is 32.9 Å². The number of rotatable bonds is 7. The van der Waals surface area contributed by atoms with E-state index in [4.69, 9.17) is 14.4 Å². The molecule has 0 aliphatic carbocycles. The molecule has 1 atom stereocenters. The van der Waals surface area contributed by atoms with E-state index in [1.54, 1.807) is 13.0 Å². The summed E-state index contributed by atoms with van der Waals surface area (Å²) in [7, 11) is 3.96. The number of aliphatic imine (C=N–C) groups is 1. The summed E-state index contributed by atoms with van der Waals surface area (Å²) in [5.74, 6) is 2.83. The molecule has 0 spiro atoms. The van der Waals surface area contributed by atoms with Crippen LogP contribution < -0.4 is 15.5 Å². The number of aliphatic hydroxyl groups is 1. The van der Waals surface area contributed by atoms with Crippen molar-refractivity contribution >= 4 is 22.7 Å². The Morgan fingerprint density at radius 3 is 2.63 bits per heavy atom. The highest BCUT2D eigenvalue weighted by molar-refractivity contribution is 5.85. The van der Waals surface area contributed by atoms with Crippen molar-refractivity contribution in [3.05, 3.63) is 59.5 Å². The molecule has 1 unspecified atom stereocenters. The van der Waals surface area contributed by atoms with Crippen molar-refractivity contribution in [3.8, 4) is 0 Å². The van der Waals surface area contributed by atoms with Gasteiger partial charge in [-0.3, -0.25) is 0 Å². The summed E-state index contributed by atoms with van der Waals surface area (Å²) in [5.41, 5.74) is 0.893. The third kappa shape index (κ3) is 5.10. The third-order valence-corrected chi connectivity index (χ3v) is 4.87. The lowest BCUT2D eigenvalue weighted by Gasteiger charge is -2.23. The number of aromatic nitrogens is 1. The number of nitrogens with one attached hydrogen (secondary N) is 2. The van der Waals surface area contributed by atoms with Gasteiger partial charge in [0.1, 0.15) is 22.9 Å². The molecule has 0 radical (unpaired) electrons. The van der Waals surface area contributed by atoms with E-state index in [-0.39, 0.29) is 6.54 Å². The number of anilines is 1. The van der Waals surface area contributed by atoms with Gasteiger partial charge in [0.05, 0.1) is 18.6 Å². The predicted molar refractivity (Wildman–Crippen MR) is 122 cm³/mol. The minimum absolute atomic E-state index is 0.270. The number of furan rings is 1. The van der Waals surface area contributed by atoms with E-state index in [9.17, 15) is 5.11 Å². The molecule has 3 aromatic rings. The normalized spacial score (nSPS) is 13.9. The van der Waals surface area contributed by atoms with Gasteiger partial charge >= 0.3 is 0 Å². The molecule has 0 bridgehead atoms. The topological polar surface area (TPSA) is 85.9 Å². The maximum absolute atomic E-state index is 10.8. The highest BCUT2D eigenvalue weighted by Gasteiger charge is 2.27. The lowest BCUT2D eigenvalue weighted by Crippen LogP contribution is -2.44. The van der Waals surface area contributed by atoms with Gasteiger partial charge in [0, 0.05) is 26.0 Å². The van der Waals surface area contributed by atoms with E-state index >= 15 is 0 Å². The van der Waals surface area contributed by atoms with E-state index < -0.39 is 5.60 Å². The van der Waals surface area contributed by atoms with Crippen LogP contribution >= 0.6 is 0 Å². The average molecular weight is 410 g/mol. The molecule has 3 rings (SSSR count). The largest absolute Gasteiger partial charge is 0.463 e. The van der Waals surface area contributed by atoms with E-state index in [2.05, 4.69) is 22.8 Å². The molecule has 0 amide bonds. The fraction of sp³-hybridized carbons (Fsp3) is 0.391.